The third kappa shape index (κ3) is 2.52. The zero-order valence-electron chi connectivity index (χ0n) is 10.1. The summed E-state index contributed by atoms with van der Waals surface area (Å²) < 4.78 is 0. The van der Waals surface area contributed by atoms with E-state index in [2.05, 4.69) is 43.0 Å². The van der Waals surface area contributed by atoms with E-state index in [1.807, 2.05) is 0 Å². The molecule has 88 valence electrons. The lowest BCUT2D eigenvalue weighted by Gasteiger charge is -2.38. The highest BCUT2D eigenvalue weighted by atomic mass is 35.5. The van der Waals surface area contributed by atoms with Crippen LogP contribution in [0.4, 0.5) is 5.69 Å². The molecule has 0 aliphatic carbocycles. The predicted molar refractivity (Wildman–Crippen MR) is 71.2 cm³/mol. The number of alkyl halides is 1. The largest absolute Gasteiger partial charge is 0.369 e. The summed E-state index contributed by atoms with van der Waals surface area (Å²) in [6, 6.07) is 9.33. The van der Waals surface area contributed by atoms with Crippen LogP contribution in [0.2, 0.25) is 0 Å². The van der Waals surface area contributed by atoms with Gasteiger partial charge < -0.3 is 4.90 Å². The van der Waals surface area contributed by atoms with Crippen molar-refractivity contribution in [2.45, 2.75) is 38.6 Å². The Bertz CT molecular complexity index is 333. The lowest BCUT2D eigenvalue weighted by atomic mass is 9.94. The van der Waals surface area contributed by atoms with Gasteiger partial charge in [0, 0.05) is 24.2 Å². The molecule has 1 fully saturated rings. The van der Waals surface area contributed by atoms with E-state index >= 15 is 0 Å². The molecule has 1 aromatic carbocycles. The van der Waals surface area contributed by atoms with Crippen molar-refractivity contribution in [2.24, 2.45) is 5.92 Å². The third-order valence-electron chi connectivity index (χ3n) is 3.54. The second-order valence-electron chi connectivity index (χ2n) is 4.98. The van der Waals surface area contributed by atoms with E-state index in [4.69, 9.17) is 11.6 Å². The normalized spacial score (nSPS) is 25.8. The lowest BCUT2D eigenvalue weighted by Crippen LogP contribution is -2.41. The van der Waals surface area contributed by atoms with Gasteiger partial charge in [-0.3, -0.25) is 0 Å². The second kappa shape index (κ2) is 5.09. The van der Waals surface area contributed by atoms with Gasteiger partial charge in [-0.1, -0.05) is 19.1 Å². The van der Waals surface area contributed by atoms with Crippen molar-refractivity contribution in [3.63, 3.8) is 0 Å². The summed E-state index contributed by atoms with van der Waals surface area (Å²) in [7, 11) is 0. The first-order valence-electron chi connectivity index (χ1n) is 6.12. The first-order chi connectivity index (χ1) is 7.70. The minimum Gasteiger partial charge on any atom is -0.369 e. The summed E-state index contributed by atoms with van der Waals surface area (Å²) in [4.78, 5) is 2.52. The van der Waals surface area contributed by atoms with Gasteiger partial charge in [-0.05, 0) is 43.4 Å². The number of rotatable bonds is 2. The Balaban J connectivity index is 2.15. The van der Waals surface area contributed by atoms with E-state index in [1.54, 1.807) is 0 Å². The van der Waals surface area contributed by atoms with Crippen molar-refractivity contribution in [1.82, 2.24) is 0 Å². The average Bonchev–Trinajstić information content (AvgIpc) is 2.32. The minimum atomic E-state index is 0.603. The lowest BCUT2D eigenvalue weighted by molar-refractivity contribution is 0.390. The Morgan fingerprint density at radius 2 is 1.88 bits per heavy atom. The molecule has 2 heteroatoms. The van der Waals surface area contributed by atoms with Gasteiger partial charge in [0.05, 0.1) is 0 Å². The van der Waals surface area contributed by atoms with Gasteiger partial charge in [0.1, 0.15) is 0 Å². The topological polar surface area (TPSA) is 3.24 Å². The zero-order valence-corrected chi connectivity index (χ0v) is 10.9. The Morgan fingerprint density at radius 3 is 2.50 bits per heavy atom. The van der Waals surface area contributed by atoms with Gasteiger partial charge in [0.15, 0.2) is 0 Å². The molecule has 1 aliphatic rings. The highest BCUT2D eigenvalue weighted by Gasteiger charge is 2.22. The number of hydrogen-bond acceptors (Lipinski definition) is 1. The number of hydrogen-bond donors (Lipinski definition) is 0. The molecule has 1 heterocycles. The maximum absolute atomic E-state index is 5.80. The molecule has 0 N–H and O–H groups in total. The van der Waals surface area contributed by atoms with Gasteiger partial charge >= 0.3 is 0 Å². The molecule has 1 saturated heterocycles. The van der Waals surface area contributed by atoms with Crippen molar-refractivity contribution in [1.29, 1.82) is 0 Å². The van der Waals surface area contributed by atoms with E-state index < -0.39 is 0 Å². The fraction of sp³-hybridized carbons (Fsp3) is 0.571. The Morgan fingerprint density at radius 1 is 1.19 bits per heavy atom. The number of piperidine rings is 1. The van der Waals surface area contributed by atoms with Crippen LogP contribution in [0.1, 0.15) is 32.3 Å². The van der Waals surface area contributed by atoms with Crippen LogP contribution in [0.15, 0.2) is 24.3 Å². The summed E-state index contributed by atoms with van der Waals surface area (Å²) in [6.45, 7) is 5.84. The number of nitrogens with zero attached hydrogens (tertiary/aromatic N) is 1. The van der Waals surface area contributed by atoms with Crippen molar-refractivity contribution in [3.8, 4) is 0 Å². The fourth-order valence-corrected chi connectivity index (χ4v) is 2.60. The number of anilines is 1. The highest BCUT2D eigenvalue weighted by Crippen LogP contribution is 2.27. The Hall–Kier alpha value is -0.690. The summed E-state index contributed by atoms with van der Waals surface area (Å²) in [5.74, 6) is 1.41. The van der Waals surface area contributed by atoms with Gasteiger partial charge in [-0.25, -0.2) is 0 Å². The summed E-state index contributed by atoms with van der Waals surface area (Å²) in [5, 5.41) is 0. The van der Waals surface area contributed by atoms with Gasteiger partial charge in [0.2, 0.25) is 0 Å². The van der Waals surface area contributed by atoms with Crippen molar-refractivity contribution < 1.29 is 0 Å². The molecule has 1 nitrogen and oxygen atoms in total. The second-order valence-corrected chi connectivity index (χ2v) is 5.25. The van der Waals surface area contributed by atoms with Crippen LogP contribution in [-0.2, 0) is 5.88 Å². The summed E-state index contributed by atoms with van der Waals surface area (Å²) in [5.41, 5.74) is 2.54. The van der Waals surface area contributed by atoms with E-state index in [0.717, 1.165) is 5.92 Å². The minimum absolute atomic E-state index is 0.603. The molecule has 2 atom stereocenters. The predicted octanol–water partition coefficient (Wildman–Crippen LogP) is 4.05. The third-order valence-corrected chi connectivity index (χ3v) is 3.85. The molecule has 0 saturated carbocycles. The van der Waals surface area contributed by atoms with Crippen LogP contribution >= 0.6 is 11.6 Å². The molecule has 0 amide bonds. The first kappa shape index (κ1) is 11.8. The van der Waals surface area contributed by atoms with Crippen molar-refractivity contribution in [3.05, 3.63) is 29.8 Å². The molecule has 2 unspecified atom stereocenters. The van der Waals surface area contributed by atoms with Crippen LogP contribution in [-0.4, -0.2) is 12.6 Å². The van der Waals surface area contributed by atoms with Gasteiger partial charge in [-0.2, -0.15) is 0 Å². The monoisotopic (exact) mass is 237 g/mol. The fourth-order valence-electron chi connectivity index (χ4n) is 2.42. The first-order valence-corrected chi connectivity index (χ1v) is 6.65. The quantitative estimate of drug-likeness (QED) is 0.702. The van der Waals surface area contributed by atoms with Gasteiger partial charge in [0.25, 0.3) is 0 Å². The SMILES string of the molecule is CC1CCC(C)N(c2ccc(CCl)cc2)C1. The maximum Gasteiger partial charge on any atom is 0.0474 e. The van der Waals surface area contributed by atoms with E-state index in [-0.39, 0.29) is 0 Å². The highest BCUT2D eigenvalue weighted by molar-refractivity contribution is 6.17. The van der Waals surface area contributed by atoms with Crippen LogP contribution in [0.3, 0.4) is 0 Å². The molecule has 16 heavy (non-hydrogen) atoms. The maximum atomic E-state index is 5.80. The Kier molecular flexibility index (Phi) is 3.75. The molecule has 0 radical (unpaired) electrons. The van der Waals surface area contributed by atoms with E-state index in [9.17, 15) is 0 Å². The van der Waals surface area contributed by atoms with Crippen LogP contribution in [0, 0.1) is 5.92 Å². The van der Waals surface area contributed by atoms with E-state index in [0.29, 0.717) is 11.9 Å². The Labute approximate surface area is 103 Å². The zero-order chi connectivity index (χ0) is 11.5. The van der Waals surface area contributed by atoms with Crippen molar-refractivity contribution >= 4 is 17.3 Å². The molecule has 1 aliphatic heterocycles. The molecule has 2 rings (SSSR count). The van der Waals surface area contributed by atoms with Crippen molar-refractivity contribution in [2.75, 3.05) is 11.4 Å². The van der Waals surface area contributed by atoms with Gasteiger partial charge in [-0.15, -0.1) is 11.6 Å². The average molecular weight is 238 g/mol. The summed E-state index contributed by atoms with van der Waals surface area (Å²) >= 11 is 5.80. The molecule has 0 spiro atoms. The molecule has 1 aromatic rings. The van der Waals surface area contributed by atoms with Crippen LogP contribution < -0.4 is 4.90 Å². The van der Waals surface area contributed by atoms with Crippen LogP contribution in [0.5, 0.6) is 0 Å². The molecule has 0 aromatic heterocycles. The summed E-state index contributed by atoms with van der Waals surface area (Å²) in [6.07, 6.45) is 2.66. The van der Waals surface area contributed by atoms with Crippen LogP contribution in [0.25, 0.3) is 0 Å². The number of benzene rings is 1. The molecular weight excluding hydrogens is 218 g/mol. The molecular formula is C14H20ClN. The standard InChI is InChI=1S/C14H20ClN/c1-11-3-4-12(2)16(10-11)14-7-5-13(9-15)6-8-14/h5-8,11-12H,3-4,9-10H2,1-2H3. The smallest absolute Gasteiger partial charge is 0.0474 e. The molecule has 0 bridgehead atoms. The number of halogens is 1. The van der Waals surface area contributed by atoms with E-state index in [1.165, 1.54) is 30.6 Å².